The predicted molar refractivity (Wildman–Crippen MR) is 34.6 cm³/mol. The minimum absolute atomic E-state index is 0.988. The summed E-state index contributed by atoms with van der Waals surface area (Å²) in [5.74, 6) is 2.09. The van der Waals surface area contributed by atoms with Crippen molar-refractivity contribution < 1.29 is 0 Å². The maximum absolute atomic E-state index is 2.41. The molecule has 3 aliphatic rings. The Morgan fingerprint density at radius 3 is 3.00 bits per heavy atom. The number of hydrogen-bond donors (Lipinski definition) is 0. The summed E-state index contributed by atoms with van der Waals surface area (Å²) in [6, 6.07) is 0. The maximum Gasteiger partial charge on any atom is -0.0228 e. The van der Waals surface area contributed by atoms with Gasteiger partial charge in [-0.3, -0.25) is 0 Å². The maximum atomic E-state index is 2.41. The number of hydrogen-bond acceptors (Lipinski definition) is 0. The van der Waals surface area contributed by atoms with E-state index in [1.165, 1.54) is 25.7 Å². The molecular formula is C8H12. The van der Waals surface area contributed by atoms with Crippen molar-refractivity contribution in [2.24, 2.45) is 11.8 Å². The van der Waals surface area contributed by atoms with Crippen molar-refractivity contribution in [1.29, 1.82) is 0 Å². The van der Waals surface area contributed by atoms with Crippen LogP contribution in [0.15, 0.2) is 12.2 Å². The third-order valence-corrected chi connectivity index (χ3v) is 2.42. The Labute approximate surface area is 50.6 Å². The quantitative estimate of drug-likeness (QED) is 0.418. The molecule has 0 spiro atoms. The molecule has 0 amide bonds. The normalized spacial score (nSPS) is 43.0. The number of fused-ring (bicyclic) bond motifs is 2. The molecule has 0 aromatic rings. The van der Waals surface area contributed by atoms with Crippen LogP contribution in [0.4, 0.5) is 0 Å². The molecule has 0 nitrogen and oxygen atoms in total. The molecule has 3 aliphatic carbocycles. The molecule has 8 heavy (non-hydrogen) atoms. The van der Waals surface area contributed by atoms with Crippen LogP contribution < -0.4 is 0 Å². The van der Waals surface area contributed by atoms with E-state index < -0.39 is 0 Å². The fourth-order valence-electron chi connectivity index (χ4n) is 1.80. The lowest BCUT2D eigenvalue weighted by molar-refractivity contribution is 0.236. The second kappa shape index (κ2) is 1.61. The summed E-state index contributed by atoms with van der Waals surface area (Å²) in [6.07, 6.45) is 10.6. The van der Waals surface area contributed by atoms with Gasteiger partial charge in [-0.15, -0.1) is 0 Å². The molecule has 0 saturated heterocycles. The molecular weight excluding hydrogens is 96.1 g/mol. The topological polar surface area (TPSA) is 0 Å². The van der Waals surface area contributed by atoms with Crippen molar-refractivity contribution in [2.75, 3.05) is 0 Å². The molecule has 0 radical (unpaired) electrons. The van der Waals surface area contributed by atoms with Gasteiger partial charge in [0.15, 0.2) is 0 Å². The van der Waals surface area contributed by atoms with Crippen LogP contribution in [0, 0.1) is 11.8 Å². The Kier molecular flexibility index (Phi) is 0.927. The third kappa shape index (κ3) is 0.594. The summed E-state index contributed by atoms with van der Waals surface area (Å²) in [7, 11) is 0. The van der Waals surface area contributed by atoms with E-state index in [-0.39, 0.29) is 0 Å². The van der Waals surface area contributed by atoms with Gasteiger partial charge < -0.3 is 0 Å². The zero-order chi connectivity index (χ0) is 5.40. The molecule has 0 aliphatic heterocycles. The first kappa shape index (κ1) is 4.60. The molecule has 3 rings (SSSR count). The molecule has 0 atom stereocenters. The van der Waals surface area contributed by atoms with Gasteiger partial charge >= 0.3 is 0 Å². The summed E-state index contributed by atoms with van der Waals surface area (Å²) in [4.78, 5) is 0. The summed E-state index contributed by atoms with van der Waals surface area (Å²) in [6.45, 7) is 0. The molecule has 0 heterocycles. The lowest BCUT2D eigenvalue weighted by atomic mass is 9.75. The fraction of sp³-hybridized carbons (Fsp3) is 0.750. The summed E-state index contributed by atoms with van der Waals surface area (Å²) >= 11 is 0. The van der Waals surface area contributed by atoms with E-state index in [2.05, 4.69) is 12.2 Å². The fourth-order valence-corrected chi connectivity index (χ4v) is 1.80. The monoisotopic (exact) mass is 108 g/mol. The highest BCUT2D eigenvalue weighted by molar-refractivity contribution is 5.00. The van der Waals surface area contributed by atoms with Crippen molar-refractivity contribution in [2.45, 2.75) is 25.7 Å². The van der Waals surface area contributed by atoms with Crippen LogP contribution in [-0.2, 0) is 0 Å². The SMILES string of the molecule is C1=CC2CC(CC1)C2. The third-order valence-electron chi connectivity index (χ3n) is 2.42. The molecule has 0 heteroatoms. The minimum Gasteiger partial charge on any atom is -0.0882 e. The van der Waals surface area contributed by atoms with Crippen LogP contribution in [-0.4, -0.2) is 0 Å². The summed E-state index contributed by atoms with van der Waals surface area (Å²) in [5.41, 5.74) is 0. The Morgan fingerprint density at radius 2 is 2.12 bits per heavy atom. The minimum atomic E-state index is 0.988. The molecule has 0 unspecified atom stereocenters. The summed E-state index contributed by atoms with van der Waals surface area (Å²) < 4.78 is 0. The van der Waals surface area contributed by atoms with E-state index in [0.29, 0.717) is 0 Å². The van der Waals surface area contributed by atoms with Crippen LogP contribution in [0.5, 0.6) is 0 Å². The van der Waals surface area contributed by atoms with Crippen molar-refractivity contribution in [1.82, 2.24) is 0 Å². The molecule has 0 aromatic heterocycles. The van der Waals surface area contributed by atoms with Crippen LogP contribution in [0.3, 0.4) is 0 Å². The van der Waals surface area contributed by atoms with Gasteiger partial charge in [-0.25, -0.2) is 0 Å². The molecule has 1 fully saturated rings. The van der Waals surface area contributed by atoms with E-state index in [9.17, 15) is 0 Å². The highest BCUT2D eigenvalue weighted by Crippen LogP contribution is 2.39. The van der Waals surface area contributed by atoms with Crippen molar-refractivity contribution in [3.05, 3.63) is 12.2 Å². The second-order valence-electron chi connectivity index (χ2n) is 3.10. The van der Waals surface area contributed by atoms with Crippen molar-refractivity contribution in [3.63, 3.8) is 0 Å². The number of allylic oxidation sites excluding steroid dienone is 2. The highest BCUT2D eigenvalue weighted by atomic mass is 14.3. The standard InChI is InChI=1S/C8H12/c1-2-4-8-5-7(3-1)6-8/h1,3,7-8H,2,4-6H2. The zero-order valence-electron chi connectivity index (χ0n) is 5.14. The predicted octanol–water partition coefficient (Wildman–Crippen LogP) is 2.36. The Balaban J connectivity index is 2.07. The molecule has 2 bridgehead atoms. The molecule has 0 aromatic carbocycles. The largest absolute Gasteiger partial charge is 0.0882 e. The Morgan fingerprint density at radius 1 is 1.25 bits per heavy atom. The van der Waals surface area contributed by atoms with E-state index in [1.54, 1.807) is 0 Å². The van der Waals surface area contributed by atoms with Gasteiger partial charge in [-0.05, 0) is 37.5 Å². The van der Waals surface area contributed by atoms with Gasteiger partial charge in [0.2, 0.25) is 0 Å². The Hall–Kier alpha value is -0.260. The first-order valence-electron chi connectivity index (χ1n) is 3.62. The lowest BCUT2D eigenvalue weighted by Gasteiger charge is -2.30. The van der Waals surface area contributed by atoms with E-state index in [4.69, 9.17) is 0 Å². The van der Waals surface area contributed by atoms with Gasteiger partial charge in [0.25, 0.3) is 0 Å². The van der Waals surface area contributed by atoms with Gasteiger partial charge in [0, 0.05) is 0 Å². The Bertz CT molecular complexity index is 104. The van der Waals surface area contributed by atoms with E-state index >= 15 is 0 Å². The van der Waals surface area contributed by atoms with Crippen LogP contribution in [0.2, 0.25) is 0 Å². The van der Waals surface area contributed by atoms with Crippen LogP contribution >= 0.6 is 0 Å². The average molecular weight is 108 g/mol. The smallest absolute Gasteiger partial charge is 0.0228 e. The van der Waals surface area contributed by atoms with Gasteiger partial charge in [-0.2, -0.15) is 0 Å². The second-order valence-corrected chi connectivity index (χ2v) is 3.10. The first-order valence-corrected chi connectivity index (χ1v) is 3.62. The van der Waals surface area contributed by atoms with Crippen molar-refractivity contribution in [3.8, 4) is 0 Å². The summed E-state index contributed by atoms with van der Waals surface area (Å²) in [5, 5.41) is 0. The average Bonchev–Trinajstić information content (AvgIpc) is 1.89. The molecule has 44 valence electrons. The molecule has 0 N–H and O–H groups in total. The molecule has 1 saturated carbocycles. The van der Waals surface area contributed by atoms with Gasteiger partial charge in [-0.1, -0.05) is 12.2 Å². The van der Waals surface area contributed by atoms with E-state index in [1.807, 2.05) is 0 Å². The van der Waals surface area contributed by atoms with Crippen LogP contribution in [0.25, 0.3) is 0 Å². The lowest BCUT2D eigenvalue weighted by Crippen LogP contribution is -2.19. The van der Waals surface area contributed by atoms with Crippen LogP contribution in [0.1, 0.15) is 25.7 Å². The zero-order valence-corrected chi connectivity index (χ0v) is 5.14. The van der Waals surface area contributed by atoms with E-state index in [0.717, 1.165) is 11.8 Å². The highest BCUT2D eigenvalue weighted by Gasteiger charge is 2.27. The van der Waals surface area contributed by atoms with Gasteiger partial charge in [0.1, 0.15) is 0 Å². The van der Waals surface area contributed by atoms with Gasteiger partial charge in [0.05, 0.1) is 0 Å². The van der Waals surface area contributed by atoms with Crippen molar-refractivity contribution >= 4 is 0 Å². The number of rotatable bonds is 0. The first-order chi connectivity index (χ1) is 3.95.